The Bertz CT molecular complexity index is 37.5. The quantitative estimate of drug-likeness (QED) is 0.523. The molecular formula is C6H14OSi. The lowest BCUT2D eigenvalue weighted by atomic mass is 10.2. The highest BCUT2D eigenvalue weighted by atomic mass is 28.1. The van der Waals surface area contributed by atoms with E-state index in [-0.39, 0.29) is 11.0 Å². The first-order valence-corrected chi connectivity index (χ1v) is 2.85. The van der Waals surface area contributed by atoms with Crippen LogP contribution in [0.5, 0.6) is 0 Å². The Morgan fingerprint density at radius 2 is 1.88 bits per heavy atom. The molecule has 0 saturated heterocycles. The average molecular weight is 130 g/mol. The maximum absolute atomic E-state index is 5.09. The van der Waals surface area contributed by atoms with Crippen molar-refractivity contribution in [2.75, 3.05) is 13.2 Å². The maximum Gasteiger partial charge on any atom is 0.0488 e. The van der Waals surface area contributed by atoms with Crippen molar-refractivity contribution in [1.82, 2.24) is 0 Å². The highest BCUT2D eigenvalue weighted by Gasteiger charge is 1.88. The minimum absolute atomic E-state index is 0. The Kier molecular flexibility index (Phi) is 9.90. The highest BCUT2D eigenvalue weighted by Crippen LogP contribution is 1.90. The van der Waals surface area contributed by atoms with E-state index in [0.29, 0.717) is 5.92 Å². The summed E-state index contributed by atoms with van der Waals surface area (Å²) in [5.74, 6) is 0.681. The van der Waals surface area contributed by atoms with E-state index in [1.807, 2.05) is 6.92 Å². The summed E-state index contributed by atoms with van der Waals surface area (Å²) < 4.78 is 5.09. The standard InChI is InChI=1S/C6H14O.Si/c1-4-7-5-6(2)3;/h6H,4-5H2,1-3H3;. The number of hydrogen-bond donors (Lipinski definition) is 0. The molecule has 0 atom stereocenters. The minimum Gasteiger partial charge on any atom is -0.381 e. The molecule has 0 N–H and O–H groups in total. The first-order chi connectivity index (χ1) is 3.27. The molecule has 48 valence electrons. The van der Waals surface area contributed by atoms with Crippen LogP contribution in [0.4, 0.5) is 0 Å². The molecule has 0 aromatic heterocycles. The van der Waals surface area contributed by atoms with Crippen LogP contribution in [-0.2, 0) is 4.74 Å². The fourth-order valence-corrected chi connectivity index (χ4v) is 0.354. The lowest BCUT2D eigenvalue weighted by Crippen LogP contribution is -2.00. The molecule has 0 aliphatic heterocycles. The summed E-state index contributed by atoms with van der Waals surface area (Å²) in [6.07, 6.45) is 0. The molecule has 0 fully saturated rings. The van der Waals surface area contributed by atoms with Crippen LogP contribution in [0.15, 0.2) is 0 Å². The van der Waals surface area contributed by atoms with E-state index in [1.165, 1.54) is 0 Å². The third kappa shape index (κ3) is 9.49. The van der Waals surface area contributed by atoms with Gasteiger partial charge in [-0.1, -0.05) is 13.8 Å². The van der Waals surface area contributed by atoms with Crippen molar-refractivity contribution in [3.63, 3.8) is 0 Å². The third-order valence-electron chi connectivity index (χ3n) is 0.655. The number of rotatable bonds is 3. The molecule has 0 aliphatic carbocycles. The van der Waals surface area contributed by atoms with Gasteiger partial charge in [0.2, 0.25) is 0 Å². The Balaban J connectivity index is 0. The van der Waals surface area contributed by atoms with Gasteiger partial charge in [-0.15, -0.1) is 0 Å². The Labute approximate surface area is 56.5 Å². The van der Waals surface area contributed by atoms with E-state index in [4.69, 9.17) is 4.74 Å². The molecule has 0 rings (SSSR count). The fourth-order valence-electron chi connectivity index (χ4n) is 0.354. The smallest absolute Gasteiger partial charge is 0.0488 e. The first-order valence-electron chi connectivity index (χ1n) is 2.85. The van der Waals surface area contributed by atoms with Crippen LogP contribution in [0, 0.1) is 5.92 Å². The van der Waals surface area contributed by atoms with Gasteiger partial charge in [0, 0.05) is 24.2 Å². The Morgan fingerprint density at radius 3 is 2.00 bits per heavy atom. The number of hydrogen-bond acceptors (Lipinski definition) is 1. The van der Waals surface area contributed by atoms with Crippen LogP contribution in [0.3, 0.4) is 0 Å². The zero-order valence-corrected chi connectivity index (χ0v) is 6.90. The number of ether oxygens (including phenoxy) is 1. The summed E-state index contributed by atoms with van der Waals surface area (Å²) in [5, 5.41) is 0. The molecule has 4 radical (unpaired) electrons. The summed E-state index contributed by atoms with van der Waals surface area (Å²) in [6.45, 7) is 8.06. The molecule has 0 aromatic carbocycles. The third-order valence-corrected chi connectivity index (χ3v) is 0.655. The van der Waals surface area contributed by atoms with Gasteiger partial charge in [0.15, 0.2) is 0 Å². The van der Waals surface area contributed by atoms with Crippen molar-refractivity contribution in [2.24, 2.45) is 5.92 Å². The Morgan fingerprint density at radius 1 is 1.38 bits per heavy atom. The second-order valence-electron chi connectivity index (χ2n) is 2.05. The summed E-state index contributed by atoms with van der Waals surface area (Å²) in [4.78, 5) is 0. The molecule has 0 spiro atoms. The van der Waals surface area contributed by atoms with E-state index in [1.54, 1.807) is 0 Å². The normalized spacial score (nSPS) is 9.00. The zero-order valence-electron chi connectivity index (χ0n) is 5.90. The van der Waals surface area contributed by atoms with Crippen molar-refractivity contribution < 1.29 is 4.74 Å². The van der Waals surface area contributed by atoms with Crippen LogP contribution in [0.1, 0.15) is 20.8 Å². The first kappa shape index (κ1) is 11.0. The van der Waals surface area contributed by atoms with Crippen LogP contribution in [0.2, 0.25) is 0 Å². The van der Waals surface area contributed by atoms with Crippen LogP contribution >= 0.6 is 0 Å². The summed E-state index contributed by atoms with van der Waals surface area (Å²) in [5.41, 5.74) is 0. The van der Waals surface area contributed by atoms with E-state index < -0.39 is 0 Å². The predicted octanol–water partition coefficient (Wildman–Crippen LogP) is 1.30. The van der Waals surface area contributed by atoms with E-state index >= 15 is 0 Å². The van der Waals surface area contributed by atoms with Crippen LogP contribution < -0.4 is 0 Å². The van der Waals surface area contributed by atoms with Gasteiger partial charge in [-0.25, -0.2) is 0 Å². The minimum atomic E-state index is 0. The molecule has 0 amide bonds. The summed E-state index contributed by atoms with van der Waals surface area (Å²) >= 11 is 0. The van der Waals surface area contributed by atoms with Gasteiger partial charge in [0.05, 0.1) is 0 Å². The lowest BCUT2D eigenvalue weighted by Gasteiger charge is -2.01. The molecule has 0 aliphatic rings. The van der Waals surface area contributed by atoms with Crippen molar-refractivity contribution in [3.8, 4) is 0 Å². The van der Waals surface area contributed by atoms with Gasteiger partial charge < -0.3 is 4.74 Å². The fraction of sp³-hybridized carbons (Fsp3) is 1.00. The van der Waals surface area contributed by atoms with Crippen LogP contribution in [0.25, 0.3) is 0 Å². The van der Waals surface area contributed by atoms with Crippen molar-refractivity contribution in [2.45, 2.75) is 20.8 Å². The second-order valence-corrected chi connectivity index (χ2v) is 2.05. The zero-order chi connectivity index (χ0) is 5.70. The van der Waals surface area contributed by atoms with E-state index in [9.17, 15) is 0 Å². The van der Waals surface area contributed by atoms with Gasteiger partial charge in [0.1, 0.15) is 0 Å². The monoisotopic (exact) mass is 130 g/mol. The molecule has 0 aromatic rings. The molecule has 0 bridgehead atoms. The van der Waals surface area contributed by atoms with Crippen LogP contribution in [-0.4, -0.2) is 24.2 Å². The van der Waals surface area contributed by atoms with Gasteiger partial charge in [-0.2, -0.15) is 0 Å². The lowest BCUT2D eigenvalue weighted by molar-refractivity contribution is 0.122. The van der Waals surface area contributed by atoms with Gasteiger partial charge >= 0.3 is 0 Å². The molecular weight excluding hydrogens is 116 g/mol. The van der Waals surface area contributed by atoms with E-state index in [2.05, 4.69) is 13.8 Å². The van der Waals surface area contributed by atoms with E-state index in [0.717, 1.165) is 13.2 Å². The SMILES string of the molecule is CCOCC(C)C.[Si]. The largest absolute Gasteiger partial charge is 0.381 e. The van der Waals surface area contributed by atoms with Crippen molar-refractivity contribution in [3.05, 3.63) is 0 Å². The summed E-state index contributed by atoms with van der Waals surface area (Å²) in [7, 11) is 0. The summed E-state index contributed by atoms with van der Waals surface area (Å²) in [6, 6.07) is 0. The molecule has 8 heavy (non-hydrogen) atoms. The second kappa shape index (κ2) is 7.18. The van der Waals surface area contributed by atoms with Gasteiger partial charge in [-0.05, 0) is 12.8 Å². The molecule has 0 heterocycles. The van der Waals surface area contributed by atoms with Gasteiger partial charge in [0.25, 0.3) is 0 Å². The highest BCUT2D eigenvalue weighted by molar-refractivity contribution is 5.75. The Hall–Kier alpha value is 0.177. The van der Waals surface area contributed by atoms with Crippen molar-refractivity contribution in [1.29, 1.82) is 0 Å². The molecule has 0 saturated carbocycles. The average Bonchev–Trinajstić information content (AvgIpc) is 1.61. The molecule has 2 heteroatoms. The van der Waals surface area contributed by atoms with Crippen molar-refractivity contribution >= 4 is 11.0 Å². The topological polar surface area (TPSA) is 9.23 Å². The molecule has 1 nitrogen and oxygen atoms in total. The predicted molar refractivity (Wildman–Crippen MR) is 37.1 cm³/mol. The molecule has 0 unspecified atom stereocenters. The van der Waals surface area contributed by atoms with Gasteiger partial charge in [-0.3, -0.25) is 0 Å². The maximum atomic E-state index is 5.09.